The molecule has 0 saturated carbocycles. The second-order valence-corrected chi connectivity index (χ2v) is 8.14. The predicted molar refractivity (Wildman–Crippen MR) is 138 cm³/mol. The Hall–Kier alpha value is -4.02. The fourth-order valence-electron chi connectivity index (χ4n) is 3.08. The number of tetrazole rings is 1. The van der Waals surface area contributed by atoms with E-state index < -0.39 is 0 Å². The zero-order valence-electron chi connectivity index (χ0n) is 18.5. The molecule has 178 valence electrons. The van der Waals surface area contributed by atoms with Crippen molar-refractivity contribution in [3.05, 3.63) is 83.9 Å². The normalized spacial score (nSPS) is 10.4. The molecule has 0 fully saturated rings. The van der Waals surface area contributed by atoms with Crippen molar-refractivity contribution < 1.29 is 9.53 Å². The van der Waals surface area contributed by atoms with Crippen LogP contribution in [0.15, 0.2) is 78.9 Å². The molecule has 0 spiro atoms. The van der Waals surface area contributed by atoms with Gasteiger partial charge in [0, 0.05) is 23.8 Å². The second kappa shape index (κ2) is 11.9. The monoisotopic (exact) mass is 507 g/mol. The van der Waals surface area contributed by atoms with E-state index in [0.29, 0.717) is 46.1 Å². The third kappa shape index (κ3) is 7.23. The van der Waals surface area contributed by atoms with Crippen LogP contribution in [0.25, 0.3) is 11.4 Å². The SMILES string of the molecule is O=C(Cn1nnc(-c2ccccc2Oc2ccccc2)n1)NCCNC(=S)Nc1cccc(Cl)c1. The number of nitrogens with one attached hydrogen (secondary N) is 3. The van der Waals surface area contributed by atoms with Crippen molar-refractivity contribution in [3.63, 3.8) is 0 Å². The maximum atomic E-state index is 12.3. The highest BCUT2D eigenvalue weighted by molar-refractivity contribution is 7.80. The molecule has 0 saturated heterocycles. The molecule has 0 aliphatic heterocycles. The zero-order valence-corrected chi connectivity index (χ0v) is 20.1. The number of rotatable bonds is 9. The van der Waals surface area contributed by atoms with Crippen LogP contribution < -0.4 is 20.7 Å². The molecular weight excluding hydrogens is 486 g/mol. The number of carbonyl (C=O) groups is 1. The molecule has 4 rings (SSSR count). The lowest BCUT2D eigenvalue weighted by molar-refractivity contribution is -0.122. The summed E-state index contributed by atoms with van der Waals surface area (Å²) in [7, 11) is 0. The van der Waals surface area contributed by atoms with Gasteiger partial charge in [-0.05, 0) is 59.9 Å². The van der Waals surface area contributed by atoms with E-state index in [4.69, 9.17) is 28.6 Å². The maximum Gasteiger partial charge on any atom is 0.243 e. The van der Waals surface area contributed by atoms with Gasteiger partial charge in [0.1, 0.15) is 18.0 Å². The summed E-state index contributed by atoms with van der Waals surface area (Å²) < 4.78 is 5.96. The first-order chi connectivity index (χ1) is 17.1. The molecular formula is C24H22ClN7O2S. The third-order valence-corrected chi connectivity index (χ3v) is 5.13. The average molecular weight is 508 g/mol. The molecule has 9 nitrogen and oxygen atoms in total. The molecule has 1 heterocycles. The standard InChI is InChI=1S/C24H22ClN7O2S/c25-17-7-6-8-18(15-17)28-24(35)27-14-13-26-22(33)16-32-30-23(29-31-32)20-11-4-5-12-21(20)34-19-9-2-1-3-10-19/h1-12,15H,13-14,16H2,(H,26,33)(H2,27,28,35). The van der Waals surface area contributed by atoms with Crippen LogP contribution in [0.5, 0.6) is 11.5 Å². The fourth-order valence-corrected chi connectivity index (χ4v) is 3.49. The van der Waals surface area contributed by atoms with Crippen molar-refractivity contribution in [1.82, 2.24) is 30.8 Å². The van der Waals surface area contributed by atoms with Crippen LogP contribution in [-0.4, -0.2) is 44.3 Å². The summed E-state index contributed by atoms with van der Waals surface area (Å²) in [4.78, 5) is 13.5. The van der Waals surface area contributed by atoms with Crippen LogP contribution in [0.4, 0.5) is 5.69 Å². The number of hydrogen-bond acceptors (Lipinski definition) is 6. The molecule has 4 aromatic rings. The maximum absolute atomic E-state index is 12.3. The van der Waals surface area contributed by atoms with E-state index in [9.17, 15) is 4.79 Å². The molecule has 35 heavy (non-hydrogen) atoms. The Morgan fingerprint density at radius 2 is 1.74 bits per heavy atom. The number of para-hydroxylation sites is 2. The van der Waals surface area contributed by atoms with Crippen molar-refractivity contribution in [2.24, 2.45) is 0 Å². The zero-order chi connectivity index (χ0) is 24.5. The quantitative estimate of drug-likeness (QED) is 0.231. The lowest BCUT2D eigenvalue weighted by atomic mass is 10.2. The van der Waals surface area contributed by atoms with Gasteiger partial charge >= 0.3 is 0 Å². The highest BCUT2D eigenvalue weighted by atomic mass is 35.5. The van der Waals surface area contributed by atoms with Gasteiger partial charge in [0.15, 0.2) is 5.11 Å². The number of benzene rings is 3. The van der Waals surface area contributed by atoms with Gasteiger partial charge in [0.05, 0.1) is 5.56 Å². The first kappa shape index (κ1) is 24.1. The number of carbonyl (C=O) groups excluding carboxylic acids is 1. The summed E-state index contributed by atoms with van der Waals surface area (Å²) in [5.41, 5.74) is 1.45. The Morgan fingerprint density at radius 3 is 2.57 bits per heavy atom. The smallest absolute Gasteiger partial charge is 0.243 e. The van der Waals surface area contributed by atoms with Gasteiger partial charge in [-0.15, -0.1) is 10.2 Å². The summed E-state index contributed by atoms with van der Waals surface area (Å²) in [5.74, 6) is 1.40. The number of thiocarbonyl (C=S) groups is 1. The molecule has 1 aromatic heterocycles. The Labute approximate surface area is 212 Å². The molecule has 0 atom stereocenters. The Bertz CT molecular complexity index is 1300. The predicted octanol–water partition coefficient (Wildman–Crippen LogP) is 3.89. The molecule has 1 amide bonds. The number of ether oxygens (including phenoxy) is 1. The molecule has 0 aliphatic rings. The Balaban J connectivity index is 1.25. The van der Waals surface area contributed by atoms with Crippen LogP contribution in [-0.2, 0) is 11.3 Å². The van der Waals surface area contributed by atoms with Crippen molar-refractivity contribution in [1.29, 1.82) is 0 Å². The number of nitrogens with zero attached hydrogens (tertiary/aromatic N) is 4. The fraction of sp³-hybridized carbons (Fsp3) is 0.125. The molecule has 0 unspecified atom stereocenters. The lowest BCUT2D eigenvalue weighted by Gasteiger charge is -2.11. The highest BCUT2D eigenvalue weighted by Crippen LogP contribution is 2.30. The van der Waals surface area contributed by atoms with Crippen LogP contribution in [0.3, 0.4) is 0 Å². The van der Waals surface area contributed by atoms with Crippen molar-refractivity contribution >= 4 is 40.5 Å². The van der Waals surface area contributed by atoms with Crippen LogP contribution in [0.2, 0.25) is 5.02 Å². The van der Waals surface area contributed by atoms with E-state index in [0.717, 1.165) is 5.69 Å². The van der Waals surface area contributed by atoms with Gasteiger partial charge < -0.3 is 20.7 Å². The van der Waals surface area contributed by atoms with Crippen LogP contribution >= 0.6 is 23.8 Å². The molecule has 11 heteroatoms. The highest BCUT2D eigenvalue weighted by Gasteiger charge is 2.14. The first-order valence-electron chi connectivity index (χ1n) is 10.7. The van der Waals surface area contributed by atoms with Crippen molar-refractivity contribution in [2.45, 2.75) is 6.54 Å². The minimum Gasteiger partial charge on any atom is -0.457 e. The Morgan fingerprint density at radius 1 is 0.971 bits per heavy atom. The number of halogens is 1. The molecule has 0 bridgehead atoms. The number of aromatic nitrogens is 4. The van der Waals surface area contributed by atoms with Crippen molar-refractivity contribution in [2.75, 3.05) is 18.4 Å². The summed E-state index contributed by atoms with van der Waals surface area (Å²) in [6, 6.07) is 24.0. The van der Waals surface area contributed by atoms with Crippen molar-refractivity contribution in [3.8, 4) is 22.9 Å². The molecule has 3 N–H and O–H groups in total. The topological polar surface area (TPSA) is 106 Å². The van der Waals surface area contributed by atoms with Crippen LogP contribution in [0.1, 0.15) is 0 Å². The second-order valence-electron chi connectivity index (χ2n) is 7.30. The summed E-state index contributed by atoms with van der Waals surface area (Å²) >= 11 is 11.2. The van der Waals surface area contributed by atoms with E-state index >= 15 is 0 Å². The van der Waals surface area contributed by atoms with Gasteiger partial charge in [-0.3, -0.25) is 4.79 Å². The molecule has 3 aromatic carbocycles. The average Bonchev–Trinajstić information content (AvgIpc) is 3.31. The molecule has 0 radical (unpaired) electrons. The number of amides is 1. The minimum absolute atomic E-state index is 0.0695. The van der Waals surface area contributed by atoms with Crippen LogP contribution in [0, 0.1) is 0 Å². The lowest BCUT2D eigenvalue weighted by Crippen LogP contribution is -2.38. The van der Waals surface area contributed by atoms with E-state index in [2.05, 4.69) is 31.4 Å². The van der Waals surface area contributed by atoms with E-state index in [1.165, 1.54) is 4.80 Å². The Kier molecular flexibility index (Phi) is 8.21. The van der Waals surface area contributed by atoms with Gasteiger partial charge in [-0.25, -0.2) is 0 Å². The number of anilines is 1. The number of hydrogen-bond donors (Lipinski definition) is 3. The summed E-state index contributed by atoms with van der Waals surface area (Å²) in [6.45, 7) is 0.740. The van der Waals surface area contributed by atoms with E-state index in [1.807, 2.05) is 66.7 Å². The molecule has 0 aliphatic carbocycles. The minimum atomic E-state index is -0.252. The summed E-state index contributed by atoms with van der Waals surface area (Å²) in [5, 5.41) is 22.3. The van der Waals surface area contributed by atoms with E-state index in [-0.39, 0.29) is 12.5 Å². The summed E-state index contributed by atoms with van der Waals surface area (Å²) in [6.07, 6.45) is 0. The van der Waals surface area contributed by atoms with E-state index in [1.54, 1.807) is 12.1 Å². The first-order valence-corrected chi connectivity index (χ1v) is 11.5. The van der Waals surface area contributed by atoms with Gasteiger partial charge in [-0.1, -0.05) is 48.0 Å². The third-order valence-electron chi connectivity index (χ3n) is 4.65. The largest absolute Gasteiger partial charge is 0.457 e. The van der Waals surface area contributed by atoms with Gasteiger partial charge in [0.2, 0.25) is 11.7 Å². The van der Waals surface area contributed by atoms with Gasteiger partial charge in [-0.2, -0.15) is 4.80 Å². The van der Waals surface area contributed by atoms with Gasteiger partial charge in [0.25, 0.3) is 0 Å².